The summed E-state index contributed by atoms with van der Waals surface area (Å²) in [6.07, 6.45) is 2.10. The van der Waals surface area contributed by atoms with Crippen LogP contribution in [0.5, 0.6) is 5.75 Å². The van der Waals surface area contributed by atoms with E-state index in [1.165, 1.54) is 61.9 Å². The number of rotatable bonds is 8. The fourth-order valence-corrected chi connectivity index (χ4v) is 5.61. The first kappa shape index (κ1) is 25.4. The predicted molar refractivity (Wildman–Crippen MR) is 131 cm³/mol. The van der Waals surface area contributed by atoms with E-state index in [0.717, 1.165) is 4.31 Å². The molecule has 3 aromatic rings. The third-order valence-electron chi connectivity index (χ3n) is 5.59. The Morgan fingerprint density at radius 2 is 2.00 bits per heavy atom. The van der Waals surface area contributed by atoms with E-state index in [1.54, 1.807) is 6.07 Å². The summed E-state index contributed by atoms with van der Waals surface area (Å²) in [7, 11) is -2.48. The van der Waals surface area contributed by atoms with Crippen LogP contribution in [-0.4, -0.2) is 49.5 Å². The molecule has 188 valence electrons. The van der Waals surface area contributed by atoms with Gasteiger partial charge in [-0.25, -0.2) is 13.8 Å². The molecule has 0 bridgehead atoms. The van der Waals surface area contributed by atoms with Gasteiger partial charge >= 0.3 is 0 Å². The van der Waals surface area contributed by atoms with Crippen molar-refractivity contribution >= 4 is 39.4 Å². The first-order valence-electron chi connectivity index (χ1n) is 10.7. The highest BCUT2D eigenvalue weighted by Crippen LogP contribution is 2.34. The number of methoxy groups -OCH3 is 1. The number of benzene rings is 2. The highest BCUT2D eigenvalue weighted by molar-refractivity contribution is 7.89. The van der Waals surface area contributed by atoms with Gasteiger partial charge in [0.25, 0.3) is 11.6 Å². The van der Waals surface area contributed by atoms with E-state index in [-0.39, 0.29) is 34.2 Å². The second-order valence-electron chi connectivity index (χ2n) is 7.80. The van der Waals surface area contributed by atoms with Crippen LogP contribution in [0.15, 0.2) is 69.0 Å². The van der Waals surface area contributed by atoms with Gasteiger partial charge in [0.15, 0.2) is 0 Å². The maximum absolute atomic E-state index is 13.0. The number of nitro benzene ring substituents is 1. The van der Waals surface area contributed by atoms with Crippen LogP contribution in [0.3, 0.4) is 0 Å². The summed E-state index contributed by atoms with van der Waals surface area (Å²) >= 11 is 5.85. The number of furan rings is 1. The van der Waals surface area contributed by atoms with Crippen molar-refractivity contribution in [2.24, 2.45) is 5.10 Å². The Hall–Kier alpha value is -3.74. The highest BCUT2D eigenvalue weighted by Gasteiger charge is 2.39. The fourth-order valence-electron chi connectivity index (χ4n) is 3.83. The predicted octanol–water partition coefficient (Wildman–Crippen LogP) is 3.82. The van der Waals surface area contributed by atoms with Gasteiger partial charge < -0.3 is 9.15 Å². The summed E-state index contributed by atoms with van der Waals surface area (Å²) in [5.41, 5.74) is 2.41. The molecule has 1 aliphatic heterocycles. The number of nitrogens with zero attached hydrogens (tertiary/aromatic N) is 3. The van der Waals surface area contributed by atoms with Gasteiger partial charge in [0, 0.05) is 11.6 Å². The lowest BCUT2D eigenvalue weighted by molar-refractivity contribution is -0.384. The van der Waals surface area contributed by atoms with Gasteiger partial charge in [0.05, 0.1) is 34.8 Å². The second kappa shape index (κ2) is 10.5. The summed E-state index contributed by atoms with van der Waals surface area (Å²) in [6, 6.07) is 12.3. The van der Waals surface area contributed by atoms with Gasteiger partial charge in [-0.15, -0.1) is 0 Å². The molecular weight excluding hydrogens is 512 g/mol. The minimum atomic E-state index is -3.89. The van der Waals surface area contributed by atoms with E-state index in [0.29, 0.717) is 23.6 Å². The molecule has 0 unspecified atom stereocenters. The first-order valence-corrected chi connectivity index (χ1v) is 12.6. The number of amides is 1. The topological polar surface area (TPSA) is 144 Å². The number of sulfonamides is 1. The van der Waals surface area contributed by atoms with E-state index in [2.05, 4.69) is 10.5 Å². The van der Waals surface area contributed by atoms with Crippen molar-refractivity contribution in [3.63, 3.8) is 0 Å². The Bertz CT molecular complexity index is 1420. The summed E-state index contributed by atoms with van der Waals surface area (Å²) in [5, 5.41) is 15.7. The standard InChI is InChI=1S/C23H21ClN4O7S/c1-34-16-6-10-19(21(13-16)28(30)31)22-11-7-17(35-22)14-25-26-23(29)20-3-2-12-27(20)36(32,33)18-8-4-15(24)5-9-18/h4-11,13-14,20H,2-3,12H2,1H3,(H,26,29)/b25-14-/t20-/m1/s1. The molecule has 1 amide bonds. The molecule has 1 N–H and O–H groups in total. The van der Waals surface area contributed by atoms with Crippen LogP contribution in [-0.2, 0) is 14.8 Å². The van der Waals surface area contributed by atoms with E-state index in [4.69, 9.17) is 20.8 Å². The van der Waals surface area contributed by atoms with Crippen molar-refractivity contribution in [3.8, 4) is 17.1 Å². The molecule has 1 aliphatic rings. The normalized spacial score (nSPS) is 16.3. The molecular formula is C23H21ClN4O7S. The molecule has 13 heteroatoms. The maximum atomic E-state index is 13.0. The molecule has 11 nitrogen and oxygen atoms in total. The van der Waals surface area contributed by atoms with Crippen LogP contribution >= 0.6 is 11.6 Å². The van der Waals surface area contributed by atoms with Crippen molar-refractivity contribution in [2.75, 3.05) is 13.7 Å². The third kappa shape index (κ3) is 5.25. The Morgan fingerprint density at radius 3 is 2.69 bits per heavy atom. The van der Waals surface area contributed by atoms with Gasteiger partial charge in [-0.2, -0.15) is 9.41 Å². The second-order valence-corrected chi connectivity index (χ2v) is 10.1. The highest BCUT2D eigenvalue weighted by atomic mass is 35.5. The van der Waals surface area contributed by atoms with Crippen LogP contribution < -0.4 is 10.2 Å². The lowest BCUT2D eigenvalue weighted by Crippen LogP contribution is -2.44. The van der Waals surface area contributed by atoms with Crippen molar-refractivity contribution in [3.05, 3.63) is 75.5 Å². The lowest BCUT2D eigenvalue weighted by Gasteiger charge is -2.22. The molecule has 36 heavy (non-hydrogen) atoms. The molecule has 1 saturated heterocycles. The number of nitrogens with one attached hydrogen (secondary N) is 1. The van der Waals surface area contributed by atoms with Gasteiger partial charge in [-0.3, -0.25) is 14.9 Å². The number of carbonyl (C=O) groups is 1. The molecule has 0 aliphatic carbocycles. The van der Waals surface area contributed by atoms with Crippen LogP contribution in [0.2, 0.25) is 5.02 Å². The average molecular weight is 533 g/mol. The molecule has 0 saturated carbocycles. The molecule has 2 aromatic carbocycles. The van der Waals surface area contributed by atoms with Gasteiger partial charge in [0.2, 0.25) is 10.0 Å². The Kier molecular flexibility index (Phi) is 7.38. The lowest BCUT2D eigenvalue weighted by atomic mass is 10.1. The quantitative estimate of drug-likeness (QED) is 0.264. The Balaban J connectivity index is 1.45. The zero-order chi connectivity index (χ0) is 25.9. The van der Waals surface area contributed by atoms with Gasteiger partial charge in [-0.1, -0.05) is 11.6 Å². The molecule has 0 radical (unpaired) electrons. The number of hydrazone groups is 1. The molecule has 4 rings (SSSR count). The monoisotopic (exact) mass is 532 g/mol. The third-order valence-corrected chi connectivity index (χ3v) is 7.76. The van der Waals surface area contributed by atoms with Gasteiger partial charge in [0.1, 0.15) is 23.3 Å². The van der Waals surface area contributed by atoms with Crippen LogP contribution in [0.1, 0.15) is 18.6 Å². The number of ether oxygens (including phenoxy) is 1. The van der Waals surface area contributed by atoms with Crippen LogP contribution in [0.25, 0.3) is 11.3 Å². The molecule has 1 aromatic heterocycles. The zero-order valence-electron chi connectivity index (χ0n) is 19.0. The number of halogens is 1. The molecule has 1 fully saturated rings. The van der Waals surface area contributed by atoms with Crippen molar-refractivity contribution < 1.29 is 27.3 Å². The minimum Gasteiger partial charge on any atom is -0.497 e. The Labute approximate surface area is 211 Å². The summed E-state index contributed by atoms with van der Waals surface area (Å²) in [4.78, 5) is 23.6. The minimum absolute atomic E-state index is 0.0471. The smallest absolute Gasteiger partial charge is 0.284 e. The van der Waals surface area contributed by atoms with Crippen molar-refractivity contribution in [1.29, 1.82) is 0 Å². The van der Waals surface area contributed by atoms with E-state index >= 15 is 0 Å². The van der Waals surface area contributed by atoms with Crippen molar-refractivity contribution in [2.45, 2.75) is 23.8 Å². The number of hydrogen-bond donors (Lipinski definition) is 1. The van der Waals surface area contributed by atoms with Crippen molar-refractivity contribution in [1.82, 2.24) is 9.73 Å². The van der Waals surface area contributed by atoms with Crippen LogP contribution in [0, 0.1) is 10.1 Å². The van der Waals surface area contributed by atoms with E-state index in [1.807, 2.05) is 0 Å². The number of nitro groups is 1. The van der Waals surface area contributed by atoms with Crippen LogP contribution in [0.4, 0.5) is 5.69 Å². The van der Waals surface area contributed by atoms with E-state index < -0.39 is 26.9 Å². The fraction of sp³-hybridized carbons (Fsp3) is 0.217. The van der Waals surface area contributed by atoms with E-state index in [9.17, 15) is 23.3 Å². The SMILES string of the molecule is COc1ccc(-c2ccc(/C=N\NC(=O)[C@H]3CCCN3S(=O)(=O)c3ccc(Cl)cc3)o2)c([N+](=O)[O-])c1. The van der Waals surface area contributed by atoms with Gasteiger partial charge in [-0.05, 0) is 61.4 Å². The summed E-state index contributed by atoms with van der Waals surface area (Å²) in [5.74, 6) is 0.208. The molecule has 1 atom stereocenters. The Morgan fingerprint density at radius 1 is 1.25 bits per heavy atom. The number of hydrogen-bond acceptors (Lipinski definition) is 8. The largest absolute Gasteiger partial charge is 0.497 e. The summed E-state index contributed by atoms with van der Waals surface area (Å²) < 4.78 is 37.8. The summed E-state index contributed by atoms with van der Waals surface area (Å²) in [6.45, 7) is 0.203. The maximum Gasteiger partial charge on any atom is 0.284 e. The zero-order valence-corrected chi connectivity index (χ0v) is 20.5. The molecule has 2 heterocycles. The first-order chi connectivity index (χ1) is 17.2. The average Bonchev–Trinajstić information content (AvgIpc) is 3.54. The number of carbonyl (C=O) groups excluding carboxylic acids is 1. The molecule has 0 spiro atoms.